The Morgan fingerprint density at radius 1 is 0.909 bits per heavy atom. The van der Waals surface area contributed by atoms with Crippen molar-refractivity contribution in [1.82, 2.24) is 10.6 Å². The Hall–Kier alpha value is -1.71. The molecule has 0 fully saturated rings. The summed E-state index contributed by atoms with van der Waals surface area (Å²) in [6.45, 7) is 5.92. The highest BCUT2D eigenvalue weighted by atomic mass is 32.1. The Balaban J connectivity index is 1.77. The fourth-order valence-electron chi connectivity index (χ4n) is 2.24. The molecule has 0 saturated carbocycles. The molecule has 0 saturated heterocycles. The van der Waals surface area contributed by atoms with Gasteiger partial charge in [0.25, 0.3) is 0 Å². The van der Waals surface area contributed by atoms with Crippen LogP contribution >= 0.6 is 12.2 Å². The van der Waals surface area contributed by atoms with Crippen LogP contribution in [0.2, 0.25) is 0 Å². The third kappa shape index (κ3) is 5.24. The van der Waals surface area contributed by atoms with E-state index in [1.165, 1.54) is 11.1 Å². The largest absolute Gasteiger partial charge is 0.374 e. The molecular weight excluding hydrogens is 288 g/mol. The molecule has 0 heterocycles. The first-order chi connectivity index (χ1) is 10.6. The highest BCUT2D eigenvalue weighted by Gasteiger charge is 2.22. The van der Waals surface area contributed by atoms with Crippen LogP contribution in [-0.4, -0.2) is 17.1 Å². The van der Waals surface area contributed by atoms with E-state index in [9.17, 15) is 0 Å². The van der Waals surface area contributed by atoms with E-state index in [0.717, 1.165) is 24.5 Å². The van der Waals surface area contributed by atoms with Gasteiger partial charge in [0.2, 0.25) is 0 Å². The second-order valence-electron chi connectivity index (χ2n) is 5.96. The predicted molar refractivity (Wildman–Crippen MR) is 98.1 cm³/mol. The lowest BCUT2D eigenvalue weighted by Crippen LogP contribution is -2.51. The van der Waals surface area contributed by atoms with E-state index in [2.05, 4.69) is 60.9 Å². The first kappa shape index (κ1) is 16.7. The standard InChI is InChI=1S/C19H24N2S/c1-19(2,21-14-13-16-9-5-3-6-10-16)18(22)20-15-17-11-7-4-8-12-17/h3-12,21H,13-15H2,1-2H3,(H,20,22). The quantitative estimate of drug-likeness (QED) is 0.762. The zero-order valence-electron chi connectivity index (χ0n) is 13.3. The van der Waals surface area contributed by atoms with E-state index < -0.39 is 0 Å². The van der Waals surface area contributed by atoms with Gasteiger partial charge in [0, 0.05) is 13.1 Å². The van der Waals surface area contributed by atoms with E-state index in [0.29, 0.717) is 0 Å². The van der Waals surface area contributed by atoms with Crippen LogP contribution in [0.1, 0.15) is 25.0 Å². The summed E-state index contributed by atoms with van der Waals surface area (Å²) < 4.78 is 0. The van der Waals surface area contributed by atoms with Crippen molar-refractivity contribution in [3.8, 4) is 0 Å². The Kier molecular flexibility index (Phi) is 6.10. The van der Waals surface area contributed by atoms with Gasteiger partial charge in [-0.15, -0.1) is 0 Å². The molecule has 0 radical (unpaired) electrons. The van der Waals surface area contributed by atoms with Crippen LogP contribution in [0.25, 0.3) is 0 Å². The molecule has 0 atom stereocenters. The normalized spacial score (nSPS) is 11.2. The van der Waals surface area contributed by atoms with Crippen molar-refractivity contribution in [2.45, 2.75) is 32.4 Å². The van der Waals surface area contributed by atoms with Gasteiger partial charge in [-0.05, 0) is 31.4 Å². The lowest BCUT2D eigenvalue weighted by molar-refractivity contribution is 0.501. The molecule has 0 amide bonds. The van der Waals surface area contributed by atoms with Crippen LogP contribution in [0.5, 0.6) is 0 Å². The summed E-state index contributed by atoms with van der Waals surface area (Å²) in [5, 5.41) is 6.90. The van der Waals surface area contributed by atoms with Crippen molar-refractivity contribution in [2.24, 2.45) is 0 Å². The first-order valence-corrected chi connectivity index (χ1v) is 8.10. The molecule has 2 aromatic carbocycles. The van der Waals surface area contributed by atoms with Crippen molar-refractivity contribution in [3.63, 3.8) is 0 Å². The average Bonchev–Trinajstić information content (AvgIpc) is 2.54. The van der Waals surface area contributed by atoms with Gasteiger partial charge in [-0.1, -0.05) is 72.9 Å². The van der Waals surface area contributed by atoms with Crippen LogP contribution in [0.15, 0.2) is 60.7 Å². The molecule has 0 bridgehead atoms. The molecular formula is C19H24N2S. The highest BCUT2D eigenvalue weighted by Crippen LogP contribution is 2.07. The molecule has 116 valence electrons. The summed E-state index contributed by atoms with van der Waals surface area (Å²) in [4.78, 5) is 0.851. The number of nitrogens with one attached hydrogen (secondary N) is 2. The number of benzene rings is 2. The van der Waals surface area contributed by atoms with E-state index in [-0.39, 0.29) is 5.54 Å². The summed E-state index contributed by atoms with van der Waals surface area (Å²) in [6.07, 6.45) is 1.01. The lowest BCUT2D eigenvalue weighted by Gasteiger charge is -2.28. The van der Waals surface area contributed by atoms with Gasteiger partial charge in [-0.25, -0.2) is 0 Å². The van der Waals surface area contributed by atoms with Crippen LogP contribution in [0.3, 0.4) is 0 Å². The SMILES string of the molecule is CC(C)(NCCc1ccccc1)C(=S)NCc1ccccc1. The van der Waals surface area contributed by atoms with E-state index >= 15 is 0 Å². The maximum atomic E-state index is 5.55. The van der Waals surface area contributed by atoms with Gasteiger partial charge in [-0.3, -0.25) is 0 Å². The Bertz CT molecular complexity index is 579. The van der Waals surface area contributed by atoms with E-state index in [1.54, 1.807) is 0 Å². The summed E-state index contributed by atoms with van der Waals surface area (Å²) >= 11 is 5.55. The molecule has 22 heavy (non-hydrogen) atoms. The molecule has 0 spiro atoms. The zero-order chi connectivity index (χ0) is 15.8. The summed E-state index contributed by atoms with van der Waals surface area (Å²) in [5.74, 6) is 0. The number of rotatable bonds is 7. The number of hydrogen-bond acceptors (Lipinski definition) is 2. The topological polar surface area (TPSA) is 24.1 Å². The van der Waals surface area contributed by atoms with Gasteiger partial charge in [0.05, 0.1) is 10.5 Å². The van der Waals surface area contributed by atoms with Crippen LogP contribution in [0, 0.1) is 0 Å². The second-order valence-corrected chi connectivity index (χ2v) is 6.36. The monoisotopic (exact) mass is 312 g/mol. The van der Waals surface area contributed by atoms with Crippen molar-refractivity contribution in [3.05, 3.63) is 71.8 Å². The minimum absolute atomic E-state index is 0.209. The Morgan fingerprint density at radius 3 is 2.05 bits per heavy atom. The molecule has 2 N–H and O–H groups in total. The fraction of sp³-hybridized carbons (Fsp3) is 0.316. The maximum Gasteiger partial charge on any atom is 0.0954 e. The fourth-order valence-corrected chi connectivity index (χ4v) is 2.39. The van der Waals surface area contributed by atoms with Gasteiger partial charge in [-0.2, -0.15) is 0 Å². The van der Waals surface area contributed by atoms with Crippen LogP contribution in [-0.2, 0) is 13.0 Å². The van der Waals surface area contributed by atoms with Gasteiger partial charge < -0.3 is 10.6 Å². The van der Waals surface area contributed by atoms with Gasteiger partial charge in [0.15, 0.2) is 0 Å². The van der Waals surface area contributed by atoms with Crippen LogP contribution < -0.4 is 10.6 Å². The van der Waals surface area contributed by atoms with E-state index in [4.69, 9.17) is 12.2 Å². The summed E-state index contributed by atoms with van der Waals surface area (Å²) in [7, 11) is 0. The third-order valence-electron chi connectivity index (χ3n) is 3.69. The lowest BCUT2D eigenvalue weighted by atomic mass is 10.0. The highest BCUT2D eigenvalue weighted by molar-refractivity contribution is 7.80. The van der Waals surface area contributed by atoms with Crippen molar-refractivity contribution >= 4 is 17.2 Å². The predicted octanol–water partition coefficient (Wildman–Crippen LogP) is 3.71. The molecule has 3 heteroatoms. The van der Waals surface area contributed by atoms with Crippen LogP contribution in [0.4, 0.5) is 0 Å². The summed E-state index contributed by atoms with van der Waals surface area (Å²) in [6, 6.07) is 20.8. The second kappa shape index (κ2) is 8.06. The van der Waals surface area contributed by atoms with Gasteiger partial charge in [0.1, 0.15) is 0 Å². The molecule has 0 aliphatic heterocycles. The van der Waals surface area contributed by atoms with Crippen molar-refractivity contribution < 1.29 is 0 Å². The number of hydrogen-bond donors (Lipinski definition) is 2. The minimum Gasteiger partial charge on any atom is -0.374 e. The minimum atomic E-state index is -0.209. The molecule has 0 aliphatic rings. The van der Waals surface area contributed by atoms with E-state index in [1.807, 2.05) is 24.3 Å². The smallest absolute Gasteiger partial charge is 0.0954 e. The third-order valence-corrected chi connectivity index (χ3v) is 4.34. The Labute approximate surface area is 139 Å². The molecule has 2 rings (SSSR count). The molecule has 0 aliphatic carbocycles. The first-order valence-electron chi connectivity index (χ1n) is 7.69. The Morgan fingerprint density at radius 2 is 1.45 bits per heavy atom. The number of thiocarbonyl (C=S) groups is 1. The molecule has 0 unspecified atom stereocenters. The van der Waals surface area contributed by atoms with Crippen molar-refractivity contribution in [2.75, 3.05) is 6.54 Å². The molecule has 2 nitrogen and oxygen atoms in total. The molecule has 0 aromatic heterocycles. The van der Waals surface area contributed by atoms with Crippen molar-refractivity contribution in [1.29, 1.82) is 0 Å². The zero-order valence-corrected chi connectivity index (χ0v) is 14.1. The van der Waals surface area contributed by atoms with Gasteiger partial charge >= 0.3 is 0 Å². The summed E-state index contributed by atoms with van der Waals surface area (Å²) in [5.41, 5.74) is 2.37. The average molecular weight is 312 g/mol. The molecule has 2 aromatic rings. The maximum absolute atomic E-state index is 5.55.